The second-order valence-electron chi connectivity index (χ2n) is 5.26. The van der Waals surface area contributed by atoms with Gasteiger partial charge in [0, 0.05) is 12.1 Å². The molecular formula is C15H7Cl4F3N2O5. The molecule has 0 spiro atoms. The van der Waals surface area contributed by atoms with Crippen molar-refractivity contribution in [2.75, 3.05) is 0 Å². The third-order valence-corrected chi connectivity index (χ3v) is 4.69. The summed E-state index contributed by atoms with van der Waals surface area (Å²) in [7, 11) is 0. The molecule has 0 fully saturated rings. The molecule has 156 valence electrons. The number of nitro groups is 1. The predicted octanol–water partition coefficient (Wildman–Crippen LogP) is 6.29. The Morgan fingerprint density at radius 2 is 1.86 bits per heavy atom. The van der Waals surface area contributed by atoms with E-state index in [2.05, 4.69) is 4.98 Å². The molecule has 1 atom stereocenters. The van der Waals surface area contributed by atoms with Gasteiger partial charge in [-0.1, -0.05) is 34.8 Å². The lowest BCUT2D eigenvalue weighted by molar-refractivity contribution is -0.386. The van der Waals surface area contributed by atoms with E-state index in [1.165, 1.54) is 6.92 Å². The second-order valence-corrected chi connectivity index (χ2v) is 6.79. The Morgan fingerprint density at radius 1 is 1.24 bits per heavy atom. The highest BCUT2D eigenvalue weighted by Crippen LogP contribution is 2.47. The van der Waals surface area contributed by atoms with Crippen LogP contribution in [0.4, 0.5) is 18.9 Å². The molecule has 0 radical (unpaired) electrons. The van der Waals surface area contributed by atoms with Crippen LogP contribution in [-0.2, 0) is 11.0 Å². The van der Waals surface area contributed by atoms with Crippen molar-refractivity contribution in [1.82, 2.24) is 4.98 Å². The summed E-state index contributed by atoms with van der Waals surface area (Å²) in [5, 5.41) is 8.08. The highest BCUT2D eigenvalue weighted by Gasteiger charge is 2.36. The largest absolute Gasteiger partial charge is 0.460 e. The molecule has 0 amide bonds. The summed E-state index contributed by atoms with van der Waals surface area (Å²) < 4.78 is 49.2. The van der Waals surface area contributed by atoms with Gasteiger partial charge >= 0.3 is 11.9 Å². The number of alkyl halides is 3. The first-order valence-electron chi connectivity index (χ1n) is 7.27. The van der Waals surface area contributed by atoms with Crippen molar-refractivity contribution < 1.29 is 32.4 Å². The number of rotatable bonds is 6. The van der Waals surface area contributed by atoms with E-state index >= 15 is 0 Å². The Morgan fingerprint density at radius 3 is 2.38 bits per heavy atom. The van der Waals surface area contributed by atoms with Gasteiger partial charge in [-0.05, 0) is 24.6 Å². The lowest BCUT2D eigenvalue weighted by Crippen LogP contribution is -2.20. The minimum Gasteiger partial charge on any atom is -0.460 e. The average molecular weight is 494 g/mol. The molecule has 0 bridgehead atoms. The molecule has 1 aromatic heterocycles. The lowest BCUT2D eigenvalue weighted by atomic mass is 10.2. The van der Waals surface area contributed by atoms with E-state index < -0.39 is 60.4 Å². The first-order chi connectivity index (χ1) is 13.3. The van der Waals surface area contributed by atoms with Crippen LogP contribution in [0.3, 0.4) is 0 Å². The Balaban J connectivity index is 2.48. The first kappa shape index (κ1) is 23.3. The minimum atomic E-state index is -4.82. The van der Waals surface area contributed by atoms with Crippen LogP contribution >= 0.6 is 46.4 Å². The Kier molecular flexibility index (Phi) is 7.05. The van der Waals surface area contributed by atoms with Crippen LogP contribution in [0.2, 0.25) is 15.1 Å². The van der Waals surface area contributed by atoms with Crippen LogP contribution in [0.5, 0.6) is 17.5 Å². The van der Waals surface area contributed by atoms with Crippen molar-refractivity contribution in [3.63, 3.8) is 0 Å². The zero-order valence-corrected chi connectivity index (χ0v) is 16.9. The number of carbonyl (C=O) groups excluding carboxylic acids is 1. The summed E-state index contributed by atoms with van der Waals surface area (Å²) in [5.41, 5.74) is -1.90. The van der Waals surface area contributed by atoms with Crippen LogP contribution < -0.4 is 9.47 Å². The van der Waals surface area contributed by atoms with E-state index in [0.717, 1.165) is 12.1 Å². The summed E-state index contributed by atoms with van der Waals surface area (Å²) in [6.07, 6.45) is -6.11. The van der Waals surface area contributed by atoms with Crippen LogP contribution in [0.1, 0.15) is 12.5 Å². The maximum atomic E-state index is 13.0. The zero-order valence-electron chi connectivity index (χ0n) is 13.9. The van der Waals surface area contributed by atoms with Crippen molar-refractivity contribution in [2.45, 2.75) is 19.2 Å². The Labute approximate surface area is 180 Å². The fourth-order valence-electron chi connectivity index (χ4n) is 1.90. The molecule has 1 unspecified atom stereocenters. The van der Waals surface area contributed by atoms with Crippen LogP contribution in [-0.4, -0.2) is 21.3 Å². The average Bonchev–Trinajstić information content (AvgIpc) is 2.60. The fourth-order valence-corrected chi connectivity index (χ4v) is 2.72. The van der Waals surface area contributed by atoms with Crippen molar-refractivity contribution in [3.05, 3.63) is 48.9 Å². The minimum absolute atomic E-state index is 0.389. The number of carbonyl (C=O) groups is 1. The quantitative estimate of drug-likeness (QED) is 0.203. The monoisotopic (exact) mass is 492 g/mol. The predicted molar refractivity (Wildman–Crippen MR) is 98.4 cm³/mol. The Hall–Kier alpha value is -2.01. The summed E-state index contributed by atoms with van der Waals surface area (Å²) in [4.78, 5) is 25.1. The Bertz CT molecular complexity index is 987. The molecule has 1 aromatic carbocycles. The molecule has 2 rings (SSSR count). The third kappa shape index (κ3) is 5.33. The van der Waals surface area contributed by atoms with Crippen molar-refractivity contribution in [1.29, 1.82) is 0 Å². The molecule has 2 aromatic rings. The molecule has 14 heteroatoms. The van der Waals surface area contributed by atoms with Crippen molar-refractivity contribution >= 4 is 57.3 Å². The van der Waals surface area contributed by atoms with Crippen LogP contribution in [0, 0.1) is 10.1 Å². The van der Waals surface area contributed by atoms with E-state index in [1.54, 1.807) is 0 Å². The summed E-state index contributed by atoms with van der Waals surface area (Å²) in [6.45, 7) is 1.22. The van der Waals surface area contributed by atoms with Gasteiger partial charge < -0.3 is 9.47 Å². The topological polar surface area (TPSA) is 91.6 Å². The fraction of sp³-hybridized carbons (Fsp3) is 0.200. The van der Waals surface area contributed by atoms with Gasteiger partial charge in [0.05, 0.1) is 20.5 Å². The maximum absolute atomic E-state index is 13.0. The molecule has 0 aliphatic rings. The summed E-state index contributed by atoms with van der Waals surface area (Å²) >= 11 is 22.6. The highest BCUT2D eigenvalue weighted by atomic mass is 35.5. The smallest absolute Gasteiger partial charge is 0.417 e. The van der Waals surface area contributed by atoms with E-state index in [9.17, 15) is 28.1 Å². The molecule has 0 aliphatic carbocycles. The van der Waals surface area contributed by atoms with Crippen molar-refractivity contribution in [2.24, 2.45) is 0 Å². The van der Waals surface area contributed by atoms with Gasteiger partial charge in [0.2, 0.25) is 5.88 Å². The third-order valence-electron chi connectivity index (χ3n) is 3.25. The number of ether oxygens (including phenoxy) is 2. The summed E-state index contributed by atoms with van der Waals surface area (Å²) in [5.74, 6) is -1.49. The van der Waals surface area contributed by atoms with Gasteiger partial charge in [-0.25, -0.2) is 0 Å². The van der Waals surface area contributed by atoms with Crippen LogP contribution in [0.15, 0.2) is 18.2 Å². The summed E-state index contributed by atoms with van der Waals surface area (Å²) in [6, 6.07) is 2.44. The van der Waals surface area contributed by atoms with Gasteiger partial charge in [-0.3, -0.25) is 14.9 Å². The van der Waals surface area contributed by atoms with Gasteiger partial charge in [0.25, 0.3) is 11.1 Å². The van der Waals surface area contributed by atoms with Crippen molar-refractivity contribution in [3.8, 4) is 17.5 Å². The molecular weight excluding hydrogens is 487 g/mol. The number of pyridine rings is 1. The molecule has 0 saturated heterocycles. The second kappa shape index (κ2) is 8.78. The number of benzene rings is 1. The van der Waals surface area contributed by atoms with Gasteiger partial charge in [-0.2, -0.15) is 18.2 Å². The molecule has 0 saturated carbocycles. The normalized spacial score (nSPS) is 12.4. The van der Waals surface area contributed by atoms with Crippen LogP contribution in [0.25, 0.3) is 0 Å². The molecule has 29 heavy (non-hydrogen) atoms. The van der Waals surface area contributed by atoms with Gasteiger partial charge in [0.1, 0.15) is 5.02 Å². The standard InChI is InChI=1S/C15H7Cl4F3N2O5/c1-5(13(19)25)28-14-8(24(26)27)2-3-9(23-14)29-12-7(16)4-6(15(20,21)22)10(17)11(12)18/h2-5H,1H3. The number of aromatic nitrogens is 1. The first-order valence-corrected chi connectivity index (χ1v) is 8.78. The number of halogens is 7. The van der Waals surface area contributed by atoms with E-state index in [1.807, 2.05) is 0 Å². The number of hydrogen-bond donors (Lipinski definition) is 0. The SMILES string of the molecule is CC(Oc1nc(Oc2c(Cl)cc(C(F)(F)F)c(Cl)c2Cl)ccc1[N+](=O)[O-])C(=O)Cl. The molecule has 0 N–H and O–H groups in total. The van der Waals surface area contributed by atoms with E-state index in [-0.39, 0.29) is 5.88 Å². The van der Waals surface area contributed by atoms with E-state index in [0.29, 0.717) is 6.07 Å². The lowest BCUT2D eigenvalue weighted by Gasteiger charge is -2.15. The molecule has 0 aliphatic heterocycles. The van der Waals surface area contributed by atoms with E-state index in [4.69, 9.17) is 55.9 Å². The maximum Gasteiger partial charge on any atom is 0.417 e. The molecule has 7 nitrogen and oxygen atoms in total. The zero-order chi connectivity index (χ0) is 22.1. The number of hydrogen-bond acceptors (Lipinski definition) is 6. The highest BCUT2D eigenvalue weighted by molar-refractivity contribution is 6.64. The number of nitrogens with zero attached hydrogens (tertiary/aromatic N) is 2. The molecule has 1 heterocycles. The van der Waals surface area contributed by atoms with Gasteiger partial charge in [0.15, 0.2) is 11.9 Å². The van der Waals surface area contributed by atoms with Gasteiger partial charge in [-0.15, -0.1) is 0 Å².